The number of aromatic nitrogens is 1. The minimum atomic E-state index is -0.855. The quantitative estimate of drug-likeness (QED) is 0.209. The molecule has 0 aliphatic heterocycles. The van der Waals surface area contributed by atoms with E-state index in [1.54, 1.807) is 60.7 Å². The molecule has 1 unspecified atom stereocenters. The maximum atomic E-state index is 14.5. The van der Waals surface area contributed by atoms with Crippen LogP contribution < -0.4 is 9.61 Å². The van der Waals surface area contributed by atoms with Gasteiger partial charge in [-0.25, -0.2) is 9.18 Å². The van der Waals surface area contributed by atoms with Crippen molar-refractivity contribution in [2.45, 2.75) is 12.5 Å². The maximum Gasteiger partial charge on any atom is 0.340 e. The minimum Gasteiger partial charge on any atom is -0.494 e. The maximum absolute atomic E-state index is 14.5. The lowest BCUT2D eigenvalue weighted by Gasteiger charge is -2.19. The zero-order chi connectivity index (χ0) is 25.5. The number of ether oxygens (including phenoxy) is 3. The van der Waals surface area contributed by atoms with Crippen LogP contribution in [-0.2, 0) is 15.9 Å². The summed E-state index contributed by atoms with van der Waals surface area (Å²) in [6, 6.07) is 19.5. The van der Waals surface area contributed by atoms with Crippen LogP contribution in [0.5, 0.6) is 11.6 Å². The summed E-state index contributed by atoms with van der Waals surface area (Å²) in [7, 11) is 0. The first-order valence-electron chi connectivity index (χ1n) is 10.8. The molecule has 10 heteroatoms. The van der Waals surface area contributed by atoms with Gasteiger partial charge in [0.25, 0.3) is 0 Å². The molecule has 0 aliphatic rings. The van der Waals surface area contributed by atoms with E-state index in [1.807, 2.05) is 0 Å². The van der Waals surface area contributed by atoms with Gasteiger partial charge in [0.05, 0.1) is 10.4 Å². The Kier molecular flexibility index (Phi) is 8.37. The molecule has 1 heterocycles. The van der Waals surface area contributed by atoms with Crippen LogP contribution in [0.25, 0.3) is 0 Å². The fourth-order valence-electron chi connectivity index (χ4n) is 3.37. The van der Waals surface area contributed by atoms with E-state index in [-0.39, 0.29) is 28.5 Å². The Balaban J connectivity index is 1.38. The lowest BCUT2D eigenvalue weighted by molar-refractivity contribution is -0.0795. The molecule has 0 saturated carbocycles. The van der Waals surface area contributed by atoms with Crippen molar-refractivity contribution < 1.29 is 28.5 Å². The Morgan fingerprint density at radius 1 is 1.08 bits per heavy atom. The Bertz CT molecular complexity index is 1390. The number of hydrogen-bond acceptors (Lipinski definition) is 7. The fourth-order valence-corrected chi connectivity index (χ4v) is 4.31. The molecule has 4 rings (SSSR count). The average molecular weight is 530 g/mol. The van der Waals surface area contributed by atoms with Gasteiger partial charge in [0.15, 0.2) is 6.79 Å². The van der Waals surface area contributed by atoms with Gasteiger partial charge in [-0.15, -0.1) is 0 Å². The van der Waals surface area contributed by atoms with Crippen molar-refractivity contribution in [3.63, 3.8) is 0 Å². The van der Waals surface area contributed by atoms with Crippen molar-refractivity contribution in [3.8, 4) is 11.6 Å². The number of rotatable bonds is 10. The zero-order valence-corrected chi connectivity index (χ0v) is 20.4. The molecule has 4 aromatic rings. The molecule has 0 aliphatic carbocycles. The number of H-pyrrole nitrogens is 1. The van der Waals surface area contributed by atoms with Gasteiger partial charge in [0.2, 0.25) is 5.88 Å². The fraction of sp³-hybridized carbons (Fsp3) is 0.154. The summed E-state index contributed by atoms with van der Waals surface area (Å²) in [6.45, 7) is -0.467. The number of hydrogen-bond donors (Lipinski definition) is 2. The third-order valence-electron chi connectivity index (χ3n) is 5.16. The highest BCUT2D eigenvalue weighted by Gasteiger charge is 2.19. The van der Waals surface area contributed by atoms with Crippen molar-refractivity contribution in [2.24, 2.45) is 0 Å². The van der Waals surface area contributed by atoms with Crippen LogP contribution in [0.2, 0.25) is 5.02 Å². The predicted molar refractivity (Wildman–Crippen MR) is 133 cm³/mol. The second-order valence-electron chi connectivity index (χ2n) is 7.65. The van der Waals surface area contributed by atoms with Gasteiger partial charge in [-0.2, -0.15) is 0 Å². The molecule has 0 radical (unpaired) electrons. The van der Waals surface area contributed by atoms with Gasteiger partial charge in [0, 0.05) is 17.0 Å². The Morgan fingerprint density at radius 3 is 2.56 bits per heavy atom. The van der Waals surface area contributed by atoms with Crippen LogP contribution in [0, 0.1) is 5.82 Å². The van der Waals surface area contributed by atoms with Gasteiger partial charge in [-0.1, -0.05) is 59.3 Å². The highest BCUT2D eigenvalue weighted by molar-refractivity contribution is 7.09. The van der Waals surface area contributed by atoms with E-state index in [4.69, 9.17) is 25.8 Å². The van der Waals surface area contributed by atoms with E-state index in [2.05, 4.69) is 4.98 Å². The van der Waals surface area contributed by atoms with E-state index in [0.717, 1.165) is 16.9 Å². The van der Waals surface area contributed by atoms with Crippen molar-refractivity contribution in [3.05, 3.63) is 115 Å². The van der Waals surface area contributed by atoms with Crippen LogP contribution in [0.15, 0.2) is 77.6 Å². The number of thiazole rings is 1. The number of aromatic hydroxyl groups is 1. The molecule has 0 amide bonds. The van der Waals surface area contributed by atoms with E-state index < -0.39 is 24.7 Å². The van der Waals surface area contributed by atoms with Crippen molar-refractivity contribution in [2.75, 3.05) is 13.4 Å². The number of nitrogens with one attached hydrogen (secondary N) is 1. The molecule has 0 bridgehead atoms. The first-order chi connectivity index (χ1) is 17.4. The lowest BCUT2D eigenvalue weighted by atomic mass is 10.1. The number of esters is 1. The Hall–Kier alpha value is -3.66. The molecule has 36 heavy (non-hydrogen) atoms. The van der Waals surface area contributed by atoms with Gasteiger partial charge in [-0.05, 0) is 42.0 Å². The summed E-state index contributed by atoms with van der Waals surface area (Å²) in [6.07, 6.45) is -0.471. The summed E-state index contributed by atoms with van der Waals surface area (Å²) in [5, 5.41) is 10.2. The predicted octanol–water partition coefficient (Wildman–Crippen LogP) is 5.48. The molecule has 2 N–H and O–H groups in total. The Labute approximate surface area is 214 Å². The highest BCUT2D eigenvalue weighted by atomic mass is 35.5. The number of aromatic amines is 1. The summed E-state index contributed by atoms with van der Waals surface area (Å²) in [5.74, 6) is -0.731. The molecule has 3 aromatic carbocycles. The molecule has 186 valence electrons. The van der Waals surface area contributed by atoms with Crippen LogP contribution in [-0.4, -0.2) is 29.5 Å². The third kappa shape index (κ3) is 6.72. The van der Waals surface area contributed by atoms with Crippen molar-refractivity contribution in [1.29, 1.82) is 0 Å². The summed E-state index contributed by atoms with van der Waals surface area (Å²) in [4.78, 5) is 26.2. The summed E-state index contributed by atoms with van der Waals surface area (Å²) >= 11 is 6.86. The lowest BCUT2D eigenvalue weighted by Crippen LogP contribution is -2.18. The van der Waals surface area contributed by atoms with Gasteiger partial charge >= 0.3 is 10.8 Å². The first kappa shape index (κ1) is 25.4. The Morgan fingerprint density at radius 2 is 1.86 bits per heavy atom. The second kappa shape index (κ2) is 11.9. The van der Waals surface area contributed by atoms with Gasteiger partial charge in [-0.3, -0.25) is 9.78 Å². The summed E-state index contributed by atoms with van der Waals surface area (Å²) in [5.41, 5.74) is 1.39. The average Bonchev–Trinajstić information content (AvgIpc) is 3.18. The molecule has 1 atom stereocenters. The third-order valence-corrected chi connectivity index (χ3v) is 6.27. The van der Waals surface area contributed by atoms with Crippen LogP contribution >= 0.6 is 22.9 Å². The van der Waals surface area contributed by atoms with Gasteiger partial charge < -0.3 is 19.3 Å². The normalized spacial score (nSPS) is 11.7. The van der Waals surface area contributed by atoms with Crippen LogP contribution in [0.3, 0.4) is 0 Å². The smallest absolute Gasteiger partial charge is 0.340 e. The molecule has 0 fully saturated rings. The monoisotopic (exact) mass is 529 g/mol. The van der Waals surface area contributed by atoms with E-state index in [0.29, 0.717) is 22.1 Å². The van der Waals surface area contributed by atoms with Crippen LogP contribution in [0.1, 0.15) is 32.5 Å². The molecule has 7 nitrogen and oxygen atoms in total. The number of carbonyl (C=O) groups is 1. The highest BCUT2D eigenvalue weighted by Crippen LogP contribution is 2.25. The van der Waals surface area contributed by atoms with Crippen molar-refractivity contribution >= 4 is 28.9 Å². The van der Waals surface area contributed by atoms with Crippen LogP contribution in [0.4, 0.5) is 4.39 Å². The second-order valence-corrected chi connectivity index (χ2v) is 9.16. The summed E-state index contributed by atoms with van der Waals surface area (Å²) < 4.78 is 31.1. The largest absolute Gasteiger partial charge is 0.494 e. The molecular formula is C26H21ClFNO6S. The van der Waals surface area contributed by atoms with Crippen molar-refractivity contribution in [1.82, 2.24) is 4.98 Å². The van der Waals surface area contributed by atoms with E-state index >= 15 is 0 Å². The van der Waals surface area contributed by atoms with Gasteiger partial charge in [0.1, 0.15) is 24.3 Å². The minimum absolute atomic E-state index is 0.0464. The van der Waals surface area contributed by atoms with E-state index in [1.165, 1.54) is 12.1 Å². The SMILES string of the molecule is O=C(OCOC(COc1ccc(Cc2sc(=O)[nH]c2O)cc1)c1ccccc1F)c1cccc(Cl)c1. The topological polar surface area (TPSA) is 97.9 Å². The molecule has 0 saturated heterocycles. The number of carbonyl (C=O) groups excluding carboxylic acids is 1. The molecular weight excluding hydrogens is 509 g/mol. The number of benzene rings is 3. The number of halogens is 2. The first-order valence-corrected chi connectivity index (χ1v) is 12.0. The standard InChI is InChI=1S/C26H21ClFNO6S/c27-18-5-3-4-17(13-18)25(31)35-15-34-22(20-6-1-2-7-21(20)28)14-33-19-10-8-16(9-11-19)12-23-24(30)29-26(32)36-23/h1-11,13,22,30H,12,14-15H2,(H,29,32). The molecule has 1 aromatic heterocycles. The van der Waals surface area contributed by atoms with E-state index in [9.17, 15) is 19.1 Å². The zero-order valence-electron chi connectivity index (χ0n) is 18.8. The molecule has 0 spiro atoms.